The van der Waals surface area contributed by atoms with Gasteiger partial charge in [0, 0.05) is 25.3 Å². The van der Waals surface area contributed by atoms with Gasteiger partial charge < -0.3 is 4.90 Å². The first-order chi connectivity index (χ1) is 11.8. The molecule has 3 fully saturated rings. The normalized spacial score (nSPS) is 29.5. The number of pyridine rings is 1. The highest BCUT2D eigenvalue weighted by atomic mass is 16.2. The van der Waals surface area contributed by atoms with Crippen molar-refractivity contribution in [3.8, 4) is 0 Å². The van der Waals surface area contributed by atoms with E-state index in [1.807, 2.05) is 18.3 Å². The van der Waals surface area contributed by atoms with E-state index in [-0.39, 0.29) is 5.54 Å². The zero-order valence-electron chi connectivity index (χ0n) is 14.6. The average molecular weight is 327 g/mol. The first-order valence-electron chi connectivity index (χ1n) is 9.76. The molecule has 1 atom stereocenters. The summed E-state index contributed by atoms with van der Waals surface area (Å²) in [5, 5.41) is 0. The molecule has 4 nitrogen and oxygen atoms in total. The molecule has 130 valence electrons. The second-order valence-corrected chi connectivity index (χ2v) is 7.77. The van der Waals surface area contributed by atoms with Crippen molar-refractivity contribution in [3.05, 3.63) is 30.1 Å². The SMILES string of the molecule is O=C1N(C2CCCCC2)CCC12CCCCN2Cc1ccccn1. The summed E-state index contributed by atoms with van der Waals surface area (Å²) in [4.78, 5) is 22.6. The van der Waals surface area contributed by atoms with Gasteiger partial charge >= 0.3 is 0 Å². The van der Waals surface area contributed by atoms with E-state index in [0.29, 0.717) is 11.9 Å². The van der Waals surface area contributed by atoms with Crippen LogP contribution in [0.4, 0.5) is 0 Å². The van der Waals surface area contributed by atoms with Crippen LogP contribution in [0.15, 0.2) is 24.4 Å². The van der Waals surface area contributed by atoms with Gasteiger partial charge in [0.25, 0.3) is 0 Å². The molecule has 1 spiro atoms. The molecule has 2 aliphatic heterocycles. The molecule has 0 radical (unpaired) electrons. The quantitative estimate of drug-likeness (QED) is 0.854. The predicted octanol–water partition coefficient (Wildman–Crippen LogP) is 3.37. The van der Waals surface area contributed by atoms with E-state index < -0.39 is 0 Å². The molecule has 0 bridgehead atoms. The van der Waals surface area contributed by atoms with Crippen molar-refractivity contribution >= 4 is 5.91 Å². The fourth-order valence-corrected chi connectivity index (χ4v) is 5.06. The van der Waals surface area contributed by atoms with Gasteiger partial charge in [-0.2, -0.15) is 0 Å². The third-order valence-corrected chi connectivity index (χ3v) is 6.39. The first kappa shape index (κ1) is 16.1. The molecule has 0 aromatic carbocycles. The Bertz CT molecular complexity index is 570. The monoisotopic (exact) mass is 327 g/mol. The molecule has 1 aromatic heterocycles. The predicted molar refractivity (Wildman–Crippen MR) is 94.4 cm³/mol. The van der Waals surface area contributed by atoms with Gasteiger partial charge in [-0.25, -0.2) is 0 Å². The topological polar surface area (TPSA) is 36.4 Å². The van der Waals surface area contributed by atoms with Crippen molar-refractivity contribution in [1.29, 1.82) is 0 Å². The van der Waals surface area contributed by atoms with Crippen molar-refractivity contribution in [2.45, 2.75) is 75.9 Å². The van der Waals surface area contributed by atoms with Crippen LogP contribution in [-0.2, 0) is 11.3 Å². The van der Waals surface area contributed by atoms with Gasteiger partial charge in [0.05, 0.1) is 5.69 Å². The summed E-state index contributed by atoms with van der Waals surface area (Å²) in [7, 11) is 0. The maximum Gasteiger partial charge on any atom is 0.243 e. The first-order valence-corrected chi connectivity index (χ1v) is 9.76. The molecular formula is C20H29N3O. The van der Waals surface area contributed by atoms with Crippen molar-refractivity contribution in [2.75, 3.05) is 13.1 Å². The molecule has 3 aliphatic rings. The Kier molecular flexibility index (Phi) is 4.57. The van der Waals surface area contributed by atoms with Crippen LogP contribution in [0.5, 0.6) is 0 Å². The van der Waals surface area contributed by atoms with E-state index in [0.717, 1.165) is 38.2 Å². The maximum absolute atomic E-state index is 13.4. The highest BCUT2D eigenvalue weighted by Crippen LogP contribution is 2.40. The van der Waals surface area contributed by atoms with Gasteiger partial charge in [0.15, 0.2) is 0 Å². The largest absolute Gasteiger partial charge is 0.338 e. The van der Waals surface area contributed by atoms with E-state index in [4.69, 9.17) is 0 Å². The van der Waals surface area contributed by atoms with Gasteiger partial charge in [-0.3, -0.25) is 14.7 Å². The Balaban J connectivity index is 1.53. The highest BCUT2D eigenvalue weighted by Gasteiger charge is 2.52. The lowest BCUT2D eigenvalue weighted by atomic mass is 9.84. The standard InChI is InChI=1S/C20H29N3O/c24-19-20(12-15-23(19)18-9-2-1-3-10-18)11-5-7-14-22(20)16-17-8-4-6-13-21-17/h4,6,8,13,18H,1-3,5,7,9-12,14-16H2. The Morgan fingerprint density at radius 1 is 1.04 bits per heavy atom. The molecule has 1 aromatic rings. The summed E-state index contributed by atoms with van der Waals surface area (Å²) >= 11 is 0. The number of likely N-dealkylation sites (tertiary alicyclic amines) is 2. The Labute approximate surface area is 145 Å². The summed E-state index contributed by atoms with van der Waals surface area (Å²) < 4.78 is 0. The minimum absolute atomic E-state index is 0.243. The van der Waals surface area contributed by atoms with E-state index >= 15 is 0 Å². The van der Waals surface area contributed by atoms with Crippen LogP contribution >= 0.6 is 0 Å². The van der Waals surface area contributed by atoms with Crippen LogP contribution in [0.25, 0.3) is 0 Å². The maximum atomic E-state index is 13.4. The Morgan fingerprint density at radius 3 is 2.71 bits per heavy atom. The third kappa shape index (κ3) is 2.85. The number of hydrogen-bond donors (Lipinski definition) is 0. The summed E-state index contributed by atoms with van der Waals surface area (Å²) in [5.41, 5.74) is 0.843. The number of nitrogens with zero attached hydrogens (tertiary/aromatic N) is 3. The number of hydrogen-bond acceptors (Lipinski definition) is 3. The zero-order valence-corrected chi connectivity index (χ0v) is 14.6. The zero-order chi connectivity index (χ0) is 16.4. The van der Waals surface area contributed by atoms with Crippen LogP contribution in [0, 0.1) is 0 Å². The van der Waals surface area contributed by atoms with Crippen molar-refractivity contribution in [1.82, 2.24) is 14.8 Å². The molecular weight excluding hydrogens is 298 g/mol. The van der Waals surface area contributed by atoms with E-state index in [9.17, 15) is 4.79 Å². The van der Waals surface area contributed by atoms with E-state index in [1.165, 1.54) is 44.9 Å². The fourth-order valence-electron chi connectivity index (χ4n) is 5.06. The van der Waals surface area contributed by atoms with E-state index in [2.05, 4.69) is 20.9 Å². The second kappa shape index (κ2) is 6.83. The molecule has 4 rings (SSSR count). The summed E-state index contributed by atoms with van der Waals surface area (Å²) in [6.45, 7) is 2.80. The number of carbonyl (C=O) groups is 1. The number of rotatable bonds is 3. The summed E-state index contributed by atoms with van der Waals surface area (Å²) in [5.74, 6) is 0.421. The van der Waals surface area contributed by atoms with E-state index in [1.54, 1.807) is 0 Å². The number of piperidine rings is 1. The molecule has 1 saturated carbocycles. The fraction of sp³-hybridized carbons (Fsp3) is 0.700. The van der Waals surface area contributed by atoms with Gasteiger partial charge in [-0.15, -0.1) is 0 Å². The van der Waals surface area contributed by atoms with Crippen LogP contribution in [0.2, 0.25) is 0 Å². The van der Waals surface area contributed by atoms with Gasteiger partial charge in [-0.05, 0) is 57.2 Å². The molecule has 2 saturated heterocycles. The minimum atomic E-state index is -0.243. The van der Waals surface area contributed by atoms with Gasteiger partial charge in [0.2, 0.25) is 5.91 Å². The van der Waals surface area contributed by atoms with Crippen LogP contribution in [0.1, 0.15) is 63.5 Å². The molecule has 0 N–H and O–H groups in total. The van der Waals surface area contributed by atoms with Gasteiger partial charge in [-0.1, -0.05) is 25.3 Å². The smallest absolute Gasteiger partial charge is 0.243 e. The third-order valence-electron chi connectivity index (χ3n) is 6.39. The lowest BCUT2D eigenvalue weighted by molar-refractivity contribution is -0.143. The van der Waals surface area contributed by atoms with Crippen molar-refractivity contribution in [3.63, 3.8) is 0 Å². The number of amides is 1. The van der Waals surface area contributed by atoms with Crippen LogP contribution < -0.4 is 0 Å². The lowest BCUT2D eigenvalue weighted by Gasteiger charge is -2.44. The van der Waals surface area contributed by atoms with Crippen molar-refractivity contribution < 1.29 is 4.79 Å². The molecule has 1 aliphatic carbocycles. The molecule has 1 unspecified atom stereocenters. The van der Waals surface area contributed by atoms with Crippen LogP contribution in [-0.4, -0.2) is 45.4 Å². The van der Waals surface area contributed by atoms with Crippen molar-refractivity contribution in [2.24, 2.45) is 0 Å². The Morgan fingerprint density at radius 2 is 1.92 bits per heavy atom. The average Bonchev–Trinajstić information content (AvgIpc) is 2.96. The second-order valence-electron chi connectivity index (χ2n) is 7.77. The number of carbonyl (C=O) groups excluding carboxylic acids is 1. The molecule has 3 heterocycles. The molecule has 4 heteroatoms. The number of aromatic nitrogens is 1. The summed E-state index contributed by atoms with van der Waals surface area (Å²) in [6, 6.07) is 6.59. The lowest BCUT2D eigenvalue weighted by Crippen LogP contribution is -2.57. The van der Waals surface area contributed by atoms with Gasteiger partial charge in [0.1, 0.15) is 5.54 Å². The molecule has 24 heavy (non-hydrogen) atoms. The Hall–Kier alpha value is -1.42. The molecule has 1 amide bonds. The minimum Gasteiger partial charge on any atom is -0.338 e. The highest BCUT2D eigenvalue weighted by molar-refractivity contribution is 5.89. The summed E-state index contributed by atoms with van der Waals surface area (Å²) in [6.07, 6.45) is 12.6. The van der Waals surface area contributed by atoms with Crippen LogP contribution in [0.3, 0.4) is 0 Å².